The first-order valence-corrected chi connectivity index (χ1v) is 8.66. The van der Waals surface area contributed by atoms with Crippen molar-refractivity contribution in [3.05, 3.63) is 54.6 Å². The van der Waals surface area contributed by atoms with Crippen molar-refractivity contribution >= 4 is 16.8 Å². The number of carbonyl (C=O) groups excluding carboxylic acids is 1. The van der Waals surface area contributed by atoms with Gasteiger partial charge in [-0.1, -0.05) is 42.5 Å². The zero-order chi connectivity index (χ0) is 17.6. The van der Waals surface area contributed by atoms with Crippen LogP contribution in [0.1, 0.15) is 24.4 Å². The molecule has 132 valence electrons. The van der Waals surface area contributed by atoms with Gasteiger partial charge in [0.05, 0.1) is 19.3 Å². The fraction of sp³-hybridized carbons (Fsp3) is 0.350. The Balaban J connectivity index is 1.89. The molecule has 3 rings (SSSR count). The van der Waals surface area contributed by atoms with Crippen molar-refractivity contribution in [3.63, 3.8) is 0 Å². The molecule has 2 N–H and O–H groups in total. The Morgan fingerprint density at radius 3 is 3.00 bits per heavy atom. The molecule has 0 saturated heterocycles. The van der Waals surface area contributed by atoms with Gasteiger partial charge < -0.3 is 20.1 Å². The summed E-state index contributed by atoms with van der Waals surface area (Å²) in [6.07, 6.45) is 3.35. The van der Waals surface area contributed by atoms with E-state index >= 15 is 0 Å². The Morgan fingerprint density at radius 2 is 2.20 bits per heavy atom. The molecule has 0 fully saturated rings. The number of hydrogen-bond donors (Lipinski definition) is 2. The summed E-state index contributed by atoms with van der Waals surface area (Å²) in [4.78, 5) is 14.1. The fourth-order valence-electron chi connectivity index (χ4n) is 3.26. The molecule has 5 heteroatoms. The molecule has 25 heavy (non-hydrogen) atoms. The van der Waals surface area contributed by atoms with Crippen molar-refractivity contribution < 1.29 is 14.6 Å². The predicted molar refractivity (Wildman–Crippen MR) is 98.8 cm³/mol. The summed E-state index contributed by atoms with van der Waals surface area (Å²) in [5.74, 6) is 0.860. The van der Waals surface area contributed by atoms with Gasteiger partial charge >= 0.3 is 6.03 Å². The molecular formula is C20H24N2O3. The number of rotatable bonds is 5. The lowest BCUT2D eigenvalue weighted by atomic mass is 9.98. The lowest BCUT2D eigenvalue weighted by molar-refractivity contribution is 0.180. The second kappa shape index (κ2) is 8.03. The Hall–Kier alpha value is -2.53. The van der Waals surface area contributed by atoms with Crippen LogP contribution >= 0.6 is 0 Å². The van der Waals surface area contributed by atoms with E-state index in [-0.39, 0.29) is 25.2 Å². The zero-order valence-electron chi connectivity index (χ0n) is 14.3. The topological polar surface area (TPSA) is 61.8 Å². The van der Waals surface area contributed by atoms with E-state index in [1.54, 1.807) is 11.0 Å². The summed E-state index contributed by atoms with van der Waals surface area (Å²) in [7, 11) is 0. The summed E-state index contributed by atoms with van der Waals surface area (Å²) in [6, 6.07) is 11.9. The maximum atomic E-state index is 12.6. The molecule has 1 heterocycles. The van der Waals surface area contributed by atoms with Crippen LogP contribution in [0.4, 0.5) is 4.79 Å². The molecule has 0 saturated carbocycles. The number of ether oxygens (including phenoxy) is 1. The number of carbonyl (C=O) groups is 1. The standard InChI is InChI=1S/C20H24N2O3/c1-2-11-22(12-13-23)20(24)21-18-8-5-14-25-19-16-7-4-3-6-15(16)9-10-17(18)19/h2-4,6-7,9-10,18,23H,1,5,8,11-14H2,(H,21,24). The molecule has 0 spiro atoms. The third kappa shape index (κ3) is 3.77. The number of benzene rings is 2. The van der Waals surface area contributed by atoms with Crippen molar-refractivity contribution in [1.29, 1.82) is 0 Å². The Labute approximate surface area is 147 Å². The molecule has 1 unspecified atom stereocenters. The van der Waals surface area contributed by atoms with Gasteiger partial charge in [0.2, 0.25) is 0 Å². The second-order valence-corrected chi connectivity index (χ2v) is 6.16. The van der Waals surface area contributed by atoms with Crippen LogP contribution in [0.5, 0.6) is 5.75 Å². The first kappa shape index (κ1) is 17.3. The smallest absolute Gasteiger partial charge is 0.318 e. The summed E-state index contributed by atoms with van der Waals surface area (Å²) >= 11 is 0. The van der Waals surface area contributed by atoms with E-state index in [0.29, 0.717) is 13.2 Å². The SMILES string of the molecule is C=CCN(CCO)C(=O)NC1CCCOc2c1ccc1ccccc21. The average molecular weight is 340 g/mol. The number of aliphatic hydroxyl groups excluding tert-OH is 1. The Bertz CT molecular complexity index is 760. The maximum absolute atomic E-state index is 12.6. The minimum absolute atomic E-state index is 0.0732. The lowest BCUT2D eigenvalue weighted by Crippen LogP contribution is -2.43. The van der Waals surface area contributed by atoms with Crippen LogP contribution in [-0.4, -0.2) is 42.3 Å². The molecule has 5 nitrogen and oxygen atoms in total. The van der Waals surface area contributed by atoms with Crippen LogP contribution in [0.3, 0.4) is 0 Å². The molecule has 0 radical (unpaired) electrons. The number of fused-ring (bicyclic) bond motifs is 3. The summed E-state index contributed by atoms with van der Waals surface area (Å²) in [5, 5.41) is 14.5. The Morgan fingerprint density at radius 1 is 1.36 bits per heavy atom. The number of urea groups is 1. The van der Waals surface area contributed by atoms with E-state index in [1.165, 1.54) is 0 Å². The van der Waals surface area contributed by atoms with Gasteiger partial charge in [0.1, 0.15) is 5.75 Å². The molecular weight excluding hydrogens is 316 g/mol. The number of amides is 2. The minimum Gasteiger partial charge on any atom is -0.493 e. The van der Waals surface area contributed by atoms with Crippen molar-refractivity contribution in [3.8, 4) is 5.75 Å². The molecule has 1 aliphatic heterocycles. The third-order valence-electron chi connectivity index (χ3n) is 4.47. The van der Waals surface area contributed by atoms with Gasteiger partial charge in [-0.3, -0.25) is 0 Å². The van der Waals surface area contributed by atoms with Crippen molar-refractivity contribution in [2.75, 3.05) is 26.3 Å². The van der Waals surface area contributed by atoms with Crippen LogP contribution in [0.25, 0.3) is 10.8 Å². The fourth-order valence-corrected chi connectivity index (χ4v) is 3.26. The van der Waals surface area contributed by atoms with E-state index < -0.39 is 0 Å². The molecule has 0 aromatic heterocycles. The number of hydrogen-bond acceptors (Lipinski definition) is 3. The van der Waals surface area contributed by atoms with Crippen LogP contribution in [-0.2, 0) is 0 Å². The number of nitrogens with one attached hydrogen (secondary N) is 1. The number of nitrogens with zero attached hydrogens (tertiary/aromatic N) is 1. The molecule has 2 aromatic rings. The zero-order valence-corrected chi connectivity index (χ0v) is 14.3. The Kier molecular flexibility index (Phi) is 5.56. The first-order valence-electron chi connectivity index (χ1n) is 8.66. The quantitative estimate of drug-likeness (QED) is 0.822. The van der Waals surface area contributed by atoms with Gasteiger partial charge in [0, 0.05) is 24.0 Å². The van der Waals surface area contributed by atoms with E-state index in [9.17, 15) is 4.79 Å². The highest BCUT2D eigenvalue weighted by Crippen LogP contribution is 2.37. The van der Waals surface area contributed by atoms with Crippen LogP contribution in [0.2, 0.25) is 0 Å². The highest BCUT2D eigenvalue weighted by molar-refractivity contribution is 5.90. The second-order valence-electron chi connectivity index (χ2n) is 6.16. The number of aliphatic hydroxyl groups is 1. The molecule has 1 atom stereocenters. The van der Waals surface area contributed by atoms with E-state index in [1.807, 2.05) is 24.3 Å². The highest BCUT2D eigenvalue weighted by atomic mass is 16.5. The van der Waals surface area contributed by atoms with Crippen LogP contribution in [0, 0.1) is 0 Å². The summed E-state index contributed by atoms with van der Waals surface area (Å²) in [6.45, 7) is 4.93. The van der Waals surface area contributed by atoms with Crippen molar-refractivity contribution in [2.24, 2.45) is 0 Å². The van der Waals surface area contributed by atoms with Gasteiger partial charge in [-0.2, -0.15) is 0 Å². The van der Waals surface area contributed by atoms with Crippen molar-refractivity contribution in [2.45, 2.75) is 18.9 Å². The van der Waals surface area contributed by atoms with Gasteiger partial charge in [0.25, 0.3) is 0 Å². The van der Waals surface area contributed by atoms with Gasteiger partial charge in [-0.25, -0.2) is 4.79 Å². The molecule has 2 aromatic carbocycles. The highest BCUT2D eigenvalue weighted by Gasteiger charge is 2.24. The van der Waals surface area contributed by atoms with E-state index in [2.05, 4.69) is 24.0 Å². The van der Waals surface area contributed by atoms with E-state index in [4.69, 9.17) is 9.84 Å². The van der Waals surface area contributed by atoms with E-state index in [0.717, 1.165) is 34.9 Å². The first-order chi connectivity index (χ1) is 12.2. The summed E-state index contributed by atoms with van der Waals surface area (Å²) < 4.78 is 6.01. The maximum Gasteiger partial charge on any atom is 0.318 e. The summed E-state index contributed by atoms with van der Waals surface area (Å²) in [5.41, 5.74) is 1.01. The normalized spacial score (nSPS) is 16.4. The van der Waals surface area contributed by atoms with Gasteiger partial charge in [-0.05, 0) is 18.2 Å². The predicted octanol–water partition coefficient (Wildman–Crippen LogP) is 3.24. The molecule has 1 aliphatic rings. The third-order valence-corrected chi connectivity index (χ3v) is 4.47. The molecule has 2 amide bonds. The average Bonchev–Trinajstić information content (AvgIpc) is 2.84. The van der Waals surface area contributed by atoms with Crippen LogP contribution < -0.4 is 10.1 Å². The van der Waals surface area contributed by atoms with Crippen molar-refractivity contribution in [1.82, 2.24) is 10.2 Å². The molecule has 0 bridgehead atoms. The minimum atomic E-state index is -0.194. The molecule has 0 aliphatic carbocycles. The van der Waals surface area contributed by atoms with Crippen LogP contribution in [0.15, 0.2) is 49.1 Å². The lowest BCUT2D eigenvalue weighted by Gasteiger charge is -2.25. The van der Waals surface area contributed by atoms with Gasteiger partial charge in [-0.15, -0.1) is 6.58 Å². The van der Waals surface area contributed by atoms with Gasteiger partial charge in [0.15, 0.2) is 0 Å². The monoisotopic (exact) mass is 340 g/mol. The largest absolute Gasteiger partial charge is 0.493 e.